The van der Waals surface area contributed by atoms with Crippen molar-refractivity contribution in [1.29, 1.82) is 0 Å². The molecule has 8 heteroatoms. The van der Waals surface area contributed by atoms with Gasteiger partial charge >= 0.3 is 0 Å². The van der Waals surface area contributed by atoms with Gasteiger partial charge in [-0.05, 0) is 24.7 Å². The SMILES string of the molecule is CNCCC(=O)Nc1cccc(Cn2cncn2)c1.Cl.Cl. The Balaban J connectivity index is 0.00000200. The molecule has 1 amide bonds. The van der Waals surface area contributed by atoms with Gasteiger partial charge in [-0.15, -0.1) is 24.8 Å². The third-order valence-electron chi connectivity index (χ3n) is 2.62. The Hall–Kier alpha value is -1.63. The zero-order chi connectivity index (χ0) is 13.5. The number of nitrogens with zero attached hydrogens (tertiary/aromatic N) is 3. The fourth-order valence-corrected chi connectivity index (χ4v) is 1.71. The number of nitrogens with one attached hydrogen (secondary N) is 2. The van der Waals surface area contributed by atoms with Crippen molar-refractivity contribution in [3.05, 3.63) is 42.5 Å². The van der Waals surface area contributed by atoms with Crippen molar-refractivity contribution in [2.24, 2.45) is 0 Å². The lowest BCUT2D eigenvalue weighted by atomic mass is 10.2. The summed E-state index contributed by atoms with van der Waals surface area (Å²) >= 11 is 0. The first-order valence-electron chi connectivity index (χ1n) is 6.14. The van der Waals surface area contributed by atoms with Gasteiger partial charge in [-0.25, -0.2) is 9.67 Å². The lowest BCUT2D eigenvalue weighted by Gasteiger charge is -2.07. The van der Waals surface area contributed by atoms with Crippen LogP contribution in [0.1, 0.15) is 12.0 Å². The molecule has 0 unspecified atom stereocenters. The molecule has 0 radical (unpaired) electrons. The first-order valence-corrected chi connectivity index (χ1v) is 6.14. The number of rotatable bonds is 6. The standard InChI is InChI=1S/C13H17N5O.2ClH/c1-14-6-5-13(19)17-12-4-2-3-11(7-12)8-18-10-15-9-16-18;;/h2-4,7,9-10,14H,5-6,8H2,1H3,(H,17,19);2*1H. The second kappa shape index (κ2) is 10.1. The van der Waals surface area contributed by atoms with E-state index in [2.05, 4.69) is 20.7 Å². The zero-order valence-electron chi connectivity index (χ0n) is 11.7. The molecule has 1 heterocycles. The number of carbonyl (C=O) groups is 1. The number of hydrogen-bond acceptors (Lipinski definition) is 4. The first-order chi connectivity index (χ1) is 9.28. The maximum absolute atomic E-state index is 11.6. The minimum Gasteiger partial charge on any atom is -0.326 e. The van der Waals surface area contributed by atoms with Crippen LogP contribution in [0.2, 0.25) is 0 Å². The van der Waals surface area contributed by atoms with E-state index in [1.165, 1.54) is 6.33 Å². The van der Waals surface area contributed by atoms with Gasteiger partial charge in [-0.1, -0.05) is 12.1 Å². The fourth-order valence-electron chi connectivity index (χ4n) is 1.71. The molecule has 0 saturated heterocycles. The Morgan fingerprint density at radius 1 is 1.33 bits per heavy atom. The second-order valence-electron chi connectivity index (χ2n) is 4.20. The van der Waals surface area contributed by atoms with Gasteiger partial charge in [0.05, 0.1) is 6.54 Å². The Morgan fingerprint density at radius 2 is 2.14 bits per heavy atom. The second-order valence-corrected chi connectivity index (χ2v) is 4.20. The molecule has 116 valence electrons. The molecule has 0 aliphatic carbocycles. The van der Waals surface area contributed by atoms with Gasteiger partial charge in [-0.2, -0.15) is 5.10 Å². The van der Waals surface area contributed by atoms with E-state index in [1.807, 2.05) is 31.3 Å². The average molecular weight is 332 g/mol. The van der Waals surface area contributed by atoms with Crippen molar-refractivity contribution >= 4 is 36.4 Å². The lowest BCUT2D eigenvalue weighted by molar-refractivity contribution is -0.116. The van der Waals surface area contributed by atoms with E-state index >= 15 is 0 Å². The number of halogens is 2. The molecular formula is C13H19Cl2N5O. The molecule has 1 aromatic heterocycles. The van der Waals surface area contributed by atoms with Crippen molar-refractivity contribution in [3.63, 3.8) is 0 Å². The number of anilines is 1. The largest absolute Gasteiger partial charge is 0.326 e. The summed E-state index contributed by atoms with van der Waals surface area (Å²) in [6.45, 7) is 1.31. The lowest BCUT2D eigenvalue weighted by Crippen LogP contribution is -2.18. The van der Waals surface area contributed by atoms with Crippen LogP contribution >= 0.6 is 24.8 Å². The predicted octanol–water partition coefficient (Wildman–Crippen LogP) is 1.72. The van der Waals surface area contributed by atoms with Crippen LogP contribution in [0, 0.1) is 0 Å². The molecule has 2 aromatic rings. The van der Waals surface area contributed by atoms with E-state index < -0.39 is 0 Å². The van der Waals surface area contributed by atoms with Crippen LogP contribution in [0.4, 0.5) is 5.69 Å². The highest BCUT2D eigenvalue weighted by atomic mass is 35.5. The Morgan fingerprint density at radius 3 is 2.81 bits per heavy atom. The Kier molecular flexibility index (Phi) is 9.36. The van der Waals surface area contributed by atoms with Crippen molar-refractivity contribution in [2.45, 2.75) is 13.0 Å². The van der Waals surface area contributed by atoms with Crippen LogP contribution in [0.3, 0.4) is 0 Å². The van der Waals surface area contributed by atoms with Crippen molar-refractivity contribution in [1.82, 2.24) is 20.1 Å². The van der Waals surface area contributed by atoms with Crippen molar-refractivity contribution in [2.75, 3.05) is 18.9 Å². The van der Waals surface area contributed by atoms with E-state index in [4.69, 9.17) is 0 Å². The van der Waals surface area contributed by atoms with Gasteiger partial charge in [-0.3, -0.25) is 4.79 Å². The minimum absolute atomic E-state index is 0. The fraction of sp³-hybridized carbons (Fsp3) is 0.308. The van der Waals surface area contributed by atoms with Crippen molar-refractivity contribution in [3.8, 4) is 0 Å². The summed E-state index contributed by atoms with van der Waals surface area (Å²) in [4.78, 5) is 15.5. The van der Waals surface area contributed by atoms with E-state index in [1.54, 1.807) is 11.0 Å². The molecule has 0 aliphatic heterocycles. The summed E-state index contributed by atoms with van der Waals surface area (Å²) in [6.07, 6.45) is 3.63. The van der Waals surface area contributed by atoms with E-state index in [0.717, 1.165) is 11.3 Å². The van der Waals surface area contributed by atoms with Crippen molar-refractivity contribution < 1.29 is 4.79 Å². The number of hydrogen-bond donors (Lipinski definition) is 2. The number of carbonyl (C=O) groups excluding carboxylic acids is 1. The molecule has 0 saturated carbocycles. The highest BCUT2D eigenvalue weighted by molar-refractivity contribution is 5.90. The van der Waals surface area contributed by atoms with E-state index in [9.17, 15) is 4.79 Å². The summed E-state index contributed by atoms with van der Waals surface area (Å²) < 4.78 is 1.74. The van der Waals surface area contributed by atoms with Gasteiger partial charge in [0.15, 0.2) is 0 Å². The third kappa shape index (κ3) is 6.57. The number of benzene rings is 1. The first kappa shape index (κ1) is 19.4. The molecule has 0 fully saturated rings. The van der Waals surface area contributed by atoms with Crippen LogP contribution in [-0.4, -0.2) is 34.3 Å². The smallest absolute Gasteiger partial charge is 0.225 e. The van der Waals surface area contributed by atoms with Crippen LogP contribution in [0.5, 0.6) is 0 Å². The number of aromatic nitrogens is 3. The zero-order valence-corrected chi connectivity index (χ0v) is 13.3. The van der Waals surface area contributed by atoms with E-state index in [-0.39, 0.29) is 30.7 Å². The van der Waals surface area contributed by atoms with Crippen LogP contribution in [-0.2, 0) is 11.3 Å². The van der Waals surface area contributed by atoms with Crippen LogP contribution in [0.15, 0.2) is 36.9 Å². The quantitative estimate of drug-likeness (QED) is 0.845. The molecule has 0 spiro atoms. The monoisotopic (exact) mass is 331 g/mol. The molecule has 1 aromatic carbocycles. The third-order valence-corrected chi connectivity index (χ3v) is 2.62. The Bertz CT molecular complexity index is 533. The predicted molar refractivity (Wildman–Crippen MR) is 87.2 cm³/mol. The molecule has 21 heavy (non-hydrogen) atoms. The highest BCUT2D eigenvalue weighted by Crippen LogP contribution is 2.11. The molecule has 2 N–H and O–H groups in total. The van der Waals surface area contributed by atoms with Gasteiger partial charge in [0.25, 0.3) is 0 Å². The van der Waals surface area contributed by atoms with E-state index in [0.29, 0.717) is 19.5 Å². The molecule has 0 atom stereocenters. The minimum atomic E-state index is 0. The van der Waals surface area contributed by atoms with Crippen LogP contribution in [0.25, 0.3) is 0 Å². The maximum Gasteiger partial charge on any atom is 0.225 e. The maximum atomic E-state index is 11.6. The van der Waals surface area contributed by atoms with Crippen LogP contribution < -0.4 is 10.6 Å². The highest BCUT2D eigenvalue weighted by Gasteiger charge is 2.02. The van der Waals surface area contributed by atoms with Gasteiger partial charge in [0.2, 0.25) is 5.91 Å². The van der Waals surface area contributed by atoms with Gasteiger partial charge in [0, 0.05) is 18.7 Å². The molecule has 2 rings (SSSR count). The molecular weight excluding hydrogens is 313 g/mol. The Labute approximate surface area is 136 Å². The normalized spacial score (nSPS) is 9.38. The number of amides is 1. The average Bonchev–Trinajstić information content (AvgIpc) is 2.89. The summed E-state index contributed by atoms with van der Waals surface area (Å²) in [5.41, 5.74) is 1.87. The molecule has 0 bridgehead atoms. The van der Waals surface area contributed by atoms with Gasteiger partial charge in [0.1, 0.15) is 12.7 Å². The summed E-state index contributed by atoms with van der Waals surface area (Å²) in [6, 6.07) is 7.73. The summed E-state index contributed by atoms with van der Waals surface area (Å²) in [5, 5.41) is 9.87. The topological polar surface area (TPSA) is 71.8 Å². The summed E-state index contributed by atoms with van der Waals surface area (Å²) in [5.74, 6) is 0.00672. The molecule has 6 nitrogen and oxygen atoms in total. The van der Waals surface area contributed by atoms with Gasteiger partial charge < -0.3 is 10.6 Å². The molecule has 0 aliphatic rings. The summed E-state index contributed by atoms with van der Waals surface area (Å²) in [7, 11) is 1.83.